The van der Waals surface area contributed by atoms with E-state index in [1.165, 1.54) is 0 Å². The zero-order valence-corrected chi connectivity index (χ0v) is 10.9. The number of hydrogen-bond donors (Lipinski definition) is 1. The third kappa shape index (κ3) is 3.69. The van der Waals surface area contributed by atoms with Crippen molar-refractivity contribution in [2.75, 3.05) is 18.8 Å². The Balaban J connectivity index is 2.93. The molecule has 1 aromatic heterocycles. The summed E-state index contributed by atoms with van der Waals surface area (Å²) in [6.45, 7) is 9.30. The number of nitrogens with zero attached hydrogens (tertiary/aromatic N) is 3. The van der Waals surface area contributed by atoms with Gasteiger partial charge < -0.3 is 10.6 Å². The summed E-state index contributed by atoms with van der Waals surface area (Å²) in [5.41, 5.74) is 6.63. The maximum Gasteiger partial charge on any atom is 0.272 e. The van der Waals surface area contributed by atoms with Crippen LogP contribution < -0.4 is 5.73 Å². The minimum absolute atomic E-state index is 0.0848. The normalized spacial score (nSPS) is 10.6. The monoisotopic (exact) mass is 236 g/mol. The summed E-state index contributed by atoms with van der Waals surface area (Å²) in [5.74, 6) is 0.492. The first-order valence-corrected chi connectivity index (χ1v) is 5.84. The van der Waals surface area contributed by atoms with Crippen molar-refractivity contribution in [3.05, 3.63) is 17.5 Å². The zero-order chi connectivity index (χ0) is 13.0. The summed E-state index contributed by atoms with van der Waals surface area (Å²) in [4.78, 5) is 21.9. The van der Waals surface area contributed by atoms with Crippen molar-refractivity contribution in [1.82, 2.24) is 14.9 Å². The highest BCUT2D eigenvalue weighted by molar-refractivity contribution is 5.92. The predicted molar refractivity (Wildman–Crippen MR) is 67.6 cm³/mol. The molecule has 0 aromatic carbocycles. The smallest absolute Gasteiger partial charge is 0.272 e. The first-order chi connectivity index (χ1) is 7.93. The fourth-order valence-electron chi connectivity index (χ4n) is 1.66. The van der Waals surface area contributed by atoms with Gasteiger partial charge in [0.05, 0.1) is 0 Å². The summed E-state index contributed by atoms with van der Waals surface area (Å²) >= 11 is 0. The molecule has 1 aromatic rings. The minimum Gasteiger partial charge on any atom is -0.368 e. The minimum atomic E-state index is -0.0848. The van der Waals surface area contributed by atoms with E-state index in [0.29, 0.717) is 23.9 Å². The molecular weight excluding hydrogens is 216 g/mol. The molecule has 0 atom stereocenters. The van der Waals surface area contributed by atoms with Gasteiger partial charge in [0.2, 0.25) is 5.95 Å². The average molecular weight is 236 g/mol. The van der Waals surface area contributed by atoms with E-state index in [1.807, 2.05) is 6.92 Å². The fraction of sp³-hybridized carbons (Fsp3) is 0.583. The lowest BCUT2D eigenvalue weighted by Crippen LogP contribution is -2.34. The Morgan fingerprint density at radius 2 is 2.12 bits per heavy atom. The van der Waals surface area contributed by atoms with Crippen molar-refractivity contribution in [3.63, 3.8) is 0 Å². The molecule has 0 saturated carbocycles. The molecule has 94 valence electrons. The van der Waals surface area contributed by atoms with Gasteiger partial charge in [-0.3, -0.25) is 4.79 Å². The van der Waals surface area contributed by atoms with Gasteiger partial charge in [-0.2, -0.15) is 0 Å². The highest BCUT2D eigenvalue weighted by Gasteiger charge is 2.17. The lowest BCUT2D eigenvalue weighted by atomic mass is 10.2. The Labute approximate surface area is 102 Å². The number of carbonyl (C=O) groups is 1. The molecule has 5 heteroatoms. The van der Waals surface area contributed by atoms with E-state index in [9.17, 15) is 4.79 Å². The molecule has 17 heavy (non-hydrogen) atoms. The SMILES string of the molecule is CCN(CC(C)C)C(=O)c1cc(C)nc(N)n1. The van der Waals surface area contributed by atoms with E-state index in [2.05, 4.69) is 23.8 Å². The number of hydrogen-bond acceptors (Lipinski definition) is 4. The van der Waals surface area contributed by atoms with Crippen molar-refractivity contribution >= 4 is 11.9 Å². The van der Waals surface area contributed by atoms with Crippen molar-refractivity contribution in [2.24, 2.45) is 5.92 Å². The van der Waals surface area contributed by atoms with E-state index >= 15 is 0 Å². The predicted octanol–water partition coefficient (Wildman–Crippen LogP) is 1.49. The van der Waals surface area contributed by atoms with Crippen LogP contribution in [0.25, 0.3) is 0 Å². The van der Waals surface area contributed by atoms with Crippen LogP contribution in [-0.4, -0.2) is 33.9 Å². The Morgan fingerprint density at radius 1 is 1.47 bits per heavy atom. The van der Waals surface area contributed by atoms with E-state index in [1.54, 1.807) is 17.9 Å². The van der Waals surface area contributed by atoms with Gasteiger partial charge in [-0.25, -0.2) is 9.97 Å². The van der Waals surface area contributed by atoms with E-state index < -0.39 is 0 Å². The van der Waals surface area contributed by atoms with E-state index in [-0.39, 0.29) is 11.9 Å². The molecule has 0 aliphatic rings. The van der Waals surface area contributed by atoms with Crippen molar-refractivity contribution in [2.45, 2.75) is 27.7 Å². The number of carbonyl (C=O) groups excluding carboxylic acids is 1. The summed E-state index contributed by atoms with van der Waals surface area (Å²) < 4.78 is 0. The van der Waals surface area contributed by atoms with Crippen LogP contribution in [0.15, 0.2) is 6.07 Å². The topological polar surface area (TPSA) is 72.1 Å². The summed E-state index contributed by atoms with van der Waals surface area (Å²) in [5, 5.41) is 0. The Bertz CT molecular complexity index is 383. The fourth-order valence-corrected chi connectivity index (χ4v) is 1.66. The van der Waals surface area contributed by atoms with Gasteiger partial charge in [0.1, 0.15) is 5.69 Å². The summed E-state index contributed by atoms with van der Waals surface area (Å²) in [6.07, 6.45) is 0. The van der Waals surface area contributed by atoms with E-state index in [4.69, 9.17) is 5.73 Å². The first kappa shape index (κ1) is 13.4. The molecule has 0 aliphatic heterocycles. The number of rotatable bonds is 4. The number of nitrogens with two attached hydrogens (primary N) is 1. The van der Waals surface area contributed by atoms with Gasteiger partial charge in [0, 0.05) is 18.8 Å². The third-order valence-electron chi connectivity index (χ3n) is 2.35. The van der Waals surface area contributed by atoms with Gasteiger partial charge in [0.15, 0.2) is 0 Å². The third-order valence-corrected chi connectivity index (χ3v) is 2.35. The molecule has 0 fully saturated rings. The molecule has 0 spiro atoms. The van der Waals surface area contributed by atoms with Gasteiger partial charge in [-0.15, -0.1) is 0 Å². The van der Waals surface area contributed by atoms with Crippen LogP contribution >= 0.6 is 0 Å². The Hall–Kier alpha value is -1.65. The number of anilines is 1. The molecule has 0 radical (unpaired) electrons. The van der Waals surface area contributed by atoms with Crippen LogP contribution in [-0.2, 0) is 0 Å². The maximum absolute atomic E-state index is 12.2. The molecule has 0 bridgehead atoms. The standard InChI is InChI=1S/C12H20N4O/c1-5-16(7-8(2)3)11(17)10-6-9(4)14-12(13)15-10/h6,8H,5,7H2,1-4H3,(H2,13,14,15). The lowest BCUT2D eigenvalue weighted by Gasteiger charge is -2.22. The largest absolute Gasteiger partial charge is 0.368 e. The van der Waals surface area contributed by atoms with Crippen LogP contribution in [0.1, 0.15) is 37.0 Å². The van der Waals surface area contributed by atoms with Crippen LogP contribution in [0.4, 0.5) is 5.95 Å². The quantitative estimate of drug-likeness (QED) is 0.859. The number of amides is 1. The molecule has 1 rings (SSSR count). The van der Waals surface area contributed by atoms with E-state index in [0.717, 1.165) is 6.54 Å². The summed E-state index contributed by atoms with van der Waals surface area (Å²) in [6, 6.07) is 1.67. The highest BCUT2D eigenvalue weighted by Crippen LogP contribution is 2.08. The average Bonchev–Trinajstić information content (AvgIpc) is 2.23. The highest BCUT2D eigenvalue weighted by atomic mass is 16.2. The Kier molecular flexibility index (Phi) is 4.43. The second kappa shape index (κ2) is 5.61. The lowest BCUT2D eigenvalue weighted by molar-refractivity contribution is 0.0739. The molecule has 0 saturated heterocycles. The van der Waals surface area contributed by atoms with Gasteiger partial charge in [-0.1, -0.05) is 13.8 Å². The molecular formula is C12H20N4O. The number of aryl methyl sites for hydroxylation is 1. The Morgan fingerprint density at radius 3 is 2.59 bits per heavy atom. The van der Waals surface area contributed by atoms with Crippen molar-refractivity contribution in [3.8, 4) is 0 Å². The van der Waals surface area contributed by atoms with Crippen LogP contribution in [0.5, 0.6) is 0 Å². The number of aromatic nitrogens is 2. The second-order valence-electron chi connectivity index (χ2n) is 4.49. The van der Waals surface area contributed by atoms with Crippen LogP contribution in [0, 0.1) is 12.8 Å². The number of nitrogen functional groups attached to an aromatic ring is 1. The maximum atomic E-state index is 12.2. The zero-order valence-electron chi connectivity index (χ0n) is 10.9. The van der Waals surface area contributed by atoms with Crippen molar-refractivity contribution < 1.29 is 4.79 Å². The molecule has 1 amide bonds. The van der Waals surface area contributed by atoms with Crippen LogP contribution in [0.3, 0.4) is 0 Å². The molecule has 2 N–H and O–H groups in total. The molecule has 1 heterocycles. The van der Waals surface area contributed by atoms with Gasteiger partial charge >= 0.3 is 0 Å². The summed E-state index contributed by atoms with van der Waals surface area (Å²) in [7, 11) is 0. The molecule has 0 unspecified atom stereocenters. The molecule has 5 nitrogen and oxygen atoms in total. The van der Waals surface area contributed by atoms with Gasteiger partial charge in [-0.05, 0) is 25.8 Å². The molecule has 0 aliphatic carbocycles. The second-order valence-corrected chi connectivity index (χ2v) is 4.49. The van der Waals surface area contributed by atoms with Crippen LogP contribution in [0.2, 0.25) is 0 Å². The first-order valence-electron chi connectivity index (χ1n) is 5.84. The van der Waals surface area contributed by atoms with Crippen molar-refractivity contribution in [1.29, 1.82) is 0 Å². The van der Waals surface area contributed by atoms with Gasteiger partial charge in [0.25, 0.3) is 5.91 Å².